The van der Waals surface area contributed by atoms with Crippen LogP contribution in [0.5, 0.6) is 0 Å². The Bertz CT molecular complexity index is 568. The van der Waals surface area contributed by atoms with Gasteiger partial charge in [0.2, 0.25) is 0 Å². The molecule has 2 aromatic rings. The molecular weight excluding hydrogens is 246 g/mol. The topological polar surface area (TPSA) is 50.9 Å². The molecule has 0 aliphatic rings. The molecule has 20 heavy (non-hydrogen) atoms. The molecule has 0 spiro atoms. The predicted octanol–water partition coefficient (Wildman–Crippen LogP) is 3.24. The first kappa shape index (κ1) is 14.7. The van der Waals surface area contributed by atoms with E-state index < -0.39 is 0 Å². The van der Waals surface area contributed by atoms with Gasteiger partial charge in [-0.15, -0.1) is 0 Å². The third kappa shape index (κ3) is 3.06. The fraction of sp³-hybridized carbons (Fsp3) is 0.353. The molecule has 1 aromatic carbocycles. The van der Waals surface area contributed by atoms with Gasteiger partial charge >= 0.3 is 0 Å². The highest BCUT2D eigenvalue weighted by atomic mass is 15.2. The van der Waals surface area contributed by atoms with Crippen molar-refractivity contribution >= 4 is 0 Å². The van der Waals surface area contributed by atoms with E-state index in [0.717, 1.165) is 16.8 Å². The maximum Gasteiger partial charge on any atom is 0.0884 e. The number of nitrogens with zero attached hydrogens (tertiary/aromatic N) is 1. The molecular formula is C17H23N3. The first-order valence-corrected chi connectivity index (χ1v) is 6.91. The zero-order chi connectivity index (χ0) is 14.8. The Morgan fingerprint density at radius 3 is 2.25 bits per heavy atom. The molecule has 0 bridgehead atoms. The number of hydrogen-bond donors (Lipinski definition) is 2. The molecule has 0 saturated heterocycles. The second kappa shape index (κ2) is 5.73. The van der Waals surface area contributed by atoms with E-state index in [4.69, 9.17) is 5.84 Å². The van der Waals surface area contributed by atoms with Crippen LogP contribution in [-0.4, -0.2) is 4.98 Å². The van der Waals surface area contributed by atoms with Crippen LogP contribution in [0.4, 0.5) is 0 Å². The van der Waals surface area contributed by atoms with E-state index in [9.17, 15) is 0 Å². The van der Waals surface area contributed by atoms with Crippen molar-refractivity contribution < 1.29 is 0 Å². The van der Waals surface area contributed by atoms with Crippen LogP contribution in [0.3, 0.4) is 0 Å². The van der Waals surface area contributed by atoms with E-state index in [0.29, 0.717) is 0 Å². The standard InChI is InChI=1S/C17H23N3/c1-12-6-5-11-19-15(12)16(20-18)13-7-9-14(10-8-13)17(2,3)4/h5-11,16,20H,18H2,1-4H3. The lowest BCUT2D eigenvalue weighted by atomic mass is 9.86. The molecule has 3 nitrogen and oxygen atoms in total. The molecule has 1 aromatic heterocycles. The van der Waals surface area contributed by atoms with Gasteiger partial charge in [0.25, 0.3) is 0 Å². The molecule has 1 heterocycles. The molecule has 1 unspecified atom stereocenters. The summed E-state index contributed by atoms with van der Waals surface area (Å²) in [7, 11) is 0. The summed E-state index contributed by atoms with van der Waals surface area (Å²) in [4.78, 5) is 4.45. The van der Waals surface area contributed by atoms with Gasteiger partial charge in [0.05, 0.1) is 11.7 Å². The normalized spacial score (nSPS) is 13.2. The van der Waals surface area contributed by atoms with Crippen molar-refractivity contribution in [2.75, 3.05) is 0 Å². The second-order valence-electron chi connectivity index (χ2n) is 6.18. The molecule has 0 aliphatic heterocycles. The highest BCUT2D eigenvalue weighted by molar-refractivity contribution is 5.35. The number of pyridine rings is 1. The monoisotopic (exact) mass is 269 g/mol. The summed E-state index contributed by atoms with van der Waals surface area (Å²) in [5.41, 5.74) is 7.58. The third-order valence-electron chi connectivity index (χ3n) is 3.60. The van der Waals surface area contributed by atoms with Crippen LogP contribution in [-0.2, 0) is 5.41 Å². The lowest BCUT2D eigenvalue weighted by Crippen LogP contribution is -2.30. The van der Waals surface area contributed by atoms with Gasteiger partial charge in [-0.25, -0.2) is 5.43 Å². The van der Waals surface area contributed by atoms with Crippen molar-refractivity contribution in [3.05, 3.63) is 65.0 Å². The molecule has 1 atom stereocenters. The van der Waals surface area contributed by atoms with Gasteiger partial charge < -0.3 is 0 Å². The van der Waals surface area contributed by atoms with Crippen molar-refractivity contribution in [3.63, 3.8) is 0 Å². The van der Waals surface area contributed by atoms with Crippen LogP contribution in [0, 0.1) is 6.92 Å². The number of nitrogens with two attached hydrogens (primary N) is 1. The molecule has 0 amide bonds. The number of benzene rings is 1. The van der Waals surface area contributed by atoms with Crippen molar-refractivity contribution in [3.8, 4) is 0 Å². The van der Waals surface area contributed by atoms with Gasteiger partial charge in [-0.05, 0) is 35.1 Å². The average molecular weight is 269 g/mol. The summed E-state index contributed by atoms with van der Waals surface area (Å²) >= 11 is 0. The molecule has 106 valence electrons. The van der Waals surface area contributed by atoms with Crippen molar-refractivity contribution in [1.29, 1.82) is 0 Å². The number of hydrazine groups is 1. The summed E-state index contributed by atoms with van der Waals surface area (Å²) in [5, 5.41) is 0. The van der Waals surface area contributed by atoms with Crippen LogP contribution in [0.15, 0.2) is 42.6 Å². The summed E-state index contributed by atoms with van der Waals surface area (Å²) in [6, 6.07) is 12.5. The number of nitrogens with one attached hydrogen (secondary N) is 1. The van der Waals surface area contributed by atoms with Gasteiger partial charge in [0.15, 0.2) is 0 Å². The minimum absolute atomic E-state index is 0.0785. The smallest absolute Gasteiger partial charge is 0.0884 e. The summed E-state index contributed by atoms with van der Waals surface area (Å²) in [6.07, 6.45) is 1.80. The number of hydrogen-bond acceptors (Lipinski definition) is 3. The molecule has 0 fully saturated rings. The molecule has 2 rings (SSSR count). The summed E-state index contributed by atoms with van der Waals surface area (Å²) < 4.78 is 0. The fourth-order valence-electron chi connectivity index (χ4n) is 2.31. The minimum Gasteiger partial charge on any atom is -0.271 e. The van der Waals surface area contributed by atoms with Crippen LogP contribution < -0.4 is 11.3 Å². The Labute approximate surface area is 121 Å². The molecule has 3 heteroatoms. The third-order valence-corrected chi connectivity index (χ3v) is 3.60. The molecule has 0 radical (unpaired) electrons. The van der Waals surface area contributed by atoms with Crippen molar-refractivity contribution in [2.24, 2.45) is 5.84 Å². The van der Waals surface area contributed by atoms with E-state index in [1.165, 1.54) is 5.56 Å². The van der Waals surface area contributed by atoms with Gasteiger partial charge in [0, 0.05) is 6.20 Å². The fourth-order valence-corrected chi connectivity index (χ4v) is 2.31. The second-order valence-corrected chi connectivity index (χ2v) is 6.18. The Balaban J connectivity index is 2.36. The molecule has 0 saturated carbocycles. The van der Waals surface area contributed by atoms with Crippen molar-refractivity contribution in [1.82, 2.24) is 10.4 Å². The van der Waals surface area contributed by atoms with Crippen LogP contribution >= 0.6 is 0 Å². The largest absolute Gasteiger partial charge is 0.271 e. The van der Waals surface area contributed by atoms with E-state index in [1.54, 1.807) is 6.20 Å². The Kier molecular flexibility index (Phi) is 4.21. The van der Waals surface area contributed by atoms with Gasteiger partial charge in [-0.1, -0.05) is 51.1 Å². The SMILES string of the molecule is Cc1cccnc1C(NN)c1ccc(C(C)(C)C)cc1. The maximum absolute atomic E-state index is 5.74. The zero-order valence-electron chi connectivity index (χ0n) is 12.6. The van der Waals surface area contributed by atoms with Crippen LogP contribution in [0.2, 0.25) is 0 Å². The van der Waals surface area contributed by atoms with Crippen molar-refractivity contribution in [2.45, 2.75) is 39.2 Å². The summed E-state index contributed by atoms with van der Waals surface area (Å²) in [5.74, 6) is 5.74. The Morgan fingerprint density at radius 2 is 1.75 bits per heavy atom. The molecule has 3 N–H and O–H groups in total. The highest BCUT2D eigenvalue weighted by Crippen LogP contribution is 2.26. The van der Waals surface area contributed by atoms with E-state index in [-0.39, 0.29) is 11.5 Å². The summed E-state index contributed by atoms with van der Waals surface area (Å²) in [6.45, 7) is 8.69. The van der Waals surface area contributed by atoms with Gasteiger partial charge in [0.1, 0.15) is 0 Å². The lowest BCUT2D eigenvalue weighted by molar-refractivity contribution is 0.586. The highest BCUT2D eigenvalue weighted by Gasteiger charge is 2.18. The predicted molar refractivity (Wildman–Crippen MR) is 83.3 cm³/mol. The van der Waals surface area contributed by atoms with Crippen LogP contribution in [0.1, 0.15) is 49.2 Å². The maximum atomic E-state index is 5.74. The zero-order valence-corrected chi connectivity index (χ0v) is 12.6. The first-order valence-electron chi connectivity index (χ1n) is 6.91. The number of rotatable bonds is 3. The Hall–Kier alpha value is -1.71. The van der Waals surface area contributed by atoms with Gasteiger partial charge in [-0.3, -0.25) is 10.8 Å². The quantitative estimate of drug-likeness (QED) is 0.664. The van der Waals surface area contributed by atoms with E-state index >= 15 is 0 Å². The average Bonchev–Trinajstić information content (AvgIpc) is 2.41. The lowest BCUT2D eigenvalue weighted by Gasteiger charge is -2.22. The van der Waals surface area contributed by atoms with Gasteiger partial charge in [-0.2, -0.15) is 0 Å². The number of aryl methyl sites for hydroxylation is 1. The van der Waals surface area contributed by atoms with E-state index in [2.05, 4.69) is 68.4 Å². The minimum atomic E-state index is -0.0785. The Morgan fingerprint density at radius 1 is 1.10 bits per heavy atom. The first-order chi connectivity index (χ1) is 9.43. The number of aromatic nitrogens is 1. The van der Waals surface area contributed by atoms with E-state index in [1.807, 2.05) is 6.07 Å². The van der Waals surface area contributed by atoms with Crippen LogP contribution in [0.25, 0.3) is 0 Å². The molecule has 0 aliphatic carbocycles.